The Labute approximate surface area is 516 Å². The van der Waals surface area contributed by atoms with Gasteiger partial charge in [0.2, 0.25) is 0 Å². The zero-order valence-electron chi connectivity index (χ0n) is 45.9. The number of alkyl halides is 2. The molecule has 0 aliphatic carbocycles. The summed E-state index contributed by atoms with van der Waals surface area (Å²) in [4.78, 5) is 0. The number of benzene rings is 12. The van der Waals surface area contributed by atoms with Gasteiger partial charge in [-0.2, -0.15) is 0 Å². The third-order valence-corrected chi connectivity index (χ3v) is 13.7. The maximum Gasteiger partial charge on any atom is 4.00 e. The van der Waals surface area contributed by atoms with Crippen molar-refractivity contribution in [1.29, 1.82) is 0 Å². The van der Waals surface area contributed by atoms with Crippen LogP contribution in [0.4, 0.5) is 0 Å². The largest absolute Gasteiger partial charge is 4.00 e. The van der Waals surface area contributed by atoms with Gasteiger partial charge in [0.15, 0.2) is 0 Å². The molecule has 1 aliphatic heterocycles. The van der Waals surface area contributed by atoms with E-state index in [0.29, 0.717) is 44.5 Å². The smallest absolute Gasteiger partial charge is 0.872 e. The molecule has 0 N–H and O–H groups in total. The van der Waals surface area contributed by atoms with E-state index in [0.717, 1.165) is 78.6 Å². The van der Waals surface area contributed by atoms with E-state index >= 15 is 0 Å². The van der Waals surface area contributed by atoms with Crippen molar-refractivity contribution in [1.82, 2.24) is 0 Å². The number of ether oxygens (including phenoxy) is 1. The van der Waals surface area contributed by atoms with Gasteiger partial charge < -0.3 is 30.3 Å². The second kappa shape index (κ2) is 30.1. The van der Waals surface area contributed by atoms with Gasteiger partial charge in [0, 0.05) is 13.2 Å². The standard InChI is InChI=1S/2C32H22O2.C4H8O.C3H7O.CH2Cl2.Li.Ti/c2*33-31-27(21-11-3-1-4-12-21)19-23-15-7-9-17-25(23)29(31)30-26-18-10-8-16-24(26)20-28(32(30)34)22-13-5-2-6-14-22;1-2-4-5-3-1;1-3(2)4;2-1-3;;/h2*1-20,33-34H;1-4H2;3H,1-2H3;1H2;;/q;;;-1;;+1;+4/p-4. The Kier molecular flexibility index (Phi) is 22.9. The van der Waals surface area contributed by atoms with Gasteiger partial charge in [0.1, 0.15) is 0 Å². The second-order valence-corrected chi connectivity index (χ2v) is 20.1. The molecule has 0 radical (unpaired) electrons. The Morgan fingerprint density at radius 2 is 0.537 bits per heavy atom. The van der Waals surface area contributed by atoms with Gasteiger partial charge in [0.05, 0.1) is 5.34 Å². The molecule has 12 aromatic carbocycles. The van der Waals surface area contributed by atoms with Crippen LogP contribution in [0.25, 0.3) is 110 Å². The first-order valence-corrected chi connectivity index (χ1v) is 27.6. The summed E-state index contributed by atoms with van der Waals surface area (Å²) in [7, 11) is 0. The van der Waals surface area contributed by atoms with Crippen molar-refractivity contribution in [2.45, 2.75) is 32.8 Å². The summed E-state index contributed by atoms with van der Waals surface area (Å²) < 4.78 is 4.94. The van der Waals surface area contributed by atoms with Crippen molar-refractivity contribution in [2.24, 2.45) is 0 Å². The first-order chi connectivity index (χ1) is 39.1. The van der Waals surface area contributed by atoms with Crippen LogP contribution < -0.4 is 44.4 Å². The SMILES string of the molecule is C1CCOC1.CC(C)[O-].ClCCl.[Li+].[O-]c1c(-c2ccccc2)cc2ccccc2c1-c1c([O-])c(-c2ccccc2)cc2ccccc12.[O-]c1c(-c2ccccc2)cc2ccccc2c1-c1c([O-])c(-c2ccccc2)cc2ccccc12.[Ti+4]. The van der Waals surface area contributed by atoms with Gasteiger partial charge in [-0.3, -0.25) is 0 Å². The molecule has 0 saturated carbocycles. The summed E-state index contributed by atoms with van der Waals surface area (Å²) in [6.07, 6.45) is 2.14. The molecule has 0 spiro atoms. The van der Waals surface area contributed by atoms with E-state index in [1.54, 1.807) is 13.8 Å². The van der Waals surface area contributed by atoms with Gasteiger partial charge in [-0.1, -0.05) is 255 Å². The van der Waals surface area contributed by atoms with Gasteiger partial charge in [0.25, 0.3) is 0 Å². The minimum absolute atomic E-state index is 0. The number of rotatable bonds is 6. The molecule has 0 amide bonds. The van der Waals surface area contributed by atoms with Crippen LogP contribution in [0.2, 0.25) is 0 Å². The maximum atomic E-state index is 14.1. The minimum atomic E-state index is -0.417. The van der Waals surface area contributed by atoms with E-state index in [4.69, 9.17) is 27.9 Å². The van der Waals surface area contributed by atoms with Crippen molar-refractivity contribution in [3.63, 3.8) is 0 Å². The predicted molar refractivity (Wildman–Crippen MR) is 325 cm³/mol. The molecular weight excluding hydrogens is 1090 g/mol. The Hall–Kier alpha value is -7.31. The molecule has 0 unspecified atom stereocenters. The van der Waals surface area contributed by atoms with E-state index in [1.165, 1.54) is 12.8 Å². The van der Waals surface area contributed by atoms with Gasteiger partial charge >= 0.3 is 40.6 Å². The molecule has 82 heavy (non-hydrogen) atoms. The van der Waals surface area contributed by atoms with Gasteiger partial charge in [-0.05, 0) is 147 Å². The zero-order valence-corrected chi connectivity index (χ0v) is 49.0. The van der Waals surface area contributed by atoms with E-state index in [9.17, 15) is 25.5 Å². The second-order valence-electron chi connectivity index (χ2n) is 19.3. The van der Waals surface area contributed by atoms with Crippen LogP contribution in [0.15, 0.2) is 243 Å². The fourth-order valence-corrected chi connectivity index (χ4v) is 10.1. The summed E-state index contributed by atoms with van der Waals surface area (Å²) in [5.41, 5.74) is 7.65. The van der Waals surface area contributed by atoms with Gasteiger partial charge in [-0.25, -0.2) is 0 Å². The fraction of sp³-hybridized carbons (Fsp3) is 0.111. The number of halogens is 2. The molecule has 0 bridgehead atoms. The first-order valence-electron chi connectivity index (χ1n) is 26.6. The summed E-state index contributed by atoms with van der Waals surface area (Å²) in [5.74, 6) is -0.510. The monoisotopic (exact) mass is 1140 g/mol. The van der Waals surface area contributed by atoms with E-state index < -0.39 is 6.10 Å². The van der Waals surface area contributed by atoms with Crippen LogP contribution in [0.1, 0.15) is 26.7 Å². The Morgan fingerprint density at radius 1 is 0.354 bits per heavy atom. The van der Waals surface area contributed by atoms with Crippen LogP contribution in [0.5, 0.6) is 23.0 Å². The van der Waals surface area contributed by atoms with E-state index in [1.807, 2.05) is 243 Å². The van der Waals surface area contributed by atoms with Crippen LogP contribution in [-0.4, -0.2) is 24.7 Å². The van der Waals surface area contributed by atoms with Crippen molar-refractivity contribution in [2.75, 3.05) is 18.6 Å². The predicted octanol–water partition coefficient (Wildman–Crippen LogP) is 13.3. The quantitative estimate of drug-likeness (QED) is 0.121. The molecule has 6 nitrogen and oxygen atoms in total. The molecule has 1 fully saturated rings. The molecular formula is C72H57Cl2LiO6Ti. The third-order valence-electron chi connectivity index (χ3n) is 13.7. The van der Waals surface area contributed by atoms with Crippen LogP contribution in [0.3, 0.4) is 0 Å². The molecule has 0 aromatic heterocycles. The molecule has 400 valence electrons. The van der Waals surface area contributed by atoms with Crippen molar-refractivity contribution >= 4 is 66.3 Å². The van der Waals surface area contributed by atoms with Gasteiger partial charge in [-0.15, -0.1) is 29.3 Å². The van der Waals surface area contributed by atoms with Crippen LogP contribution in [0, 0.1) is 0 Å². The average molecular weight is 1140 g/mol. The van der Waals surface area contributed by atoms with Crippen molar-refractivity contribution < 1.29 is 70.8 Å². The summed E-state index contributed by atoms with van der Waals surface area (Å²) >= 11 is 9.53. The molecule has 12 aromatic rings. The first kappa shape index (κ1) is 62.3. The molecule has 0 atom stereocenters. The van der Waals surface area contributed by atoms with E-state index in [-0.39, 0.29) is 68.9 Å². The number of hydrogen-bond donors (Lipinski definition) is 0. The number of hydrogen-bond acceptors (Lipinski definition) is 6. The van der Waals surface area contributed by atoms with Crippen LogP contribution >= 0.6 is 23.2 Å². The molecule has 13 rings (SSSR count). The Balaban J connectivity index is 0.000000193. The van der Waals surface area contributed by atoms with Crippen molar-refractivity contribution in [3.05, 3.63) is 243 Å². The molecule has 1 saturated heterocycles. The topological polar surface area (TPSA) is 125 Å². The molecule has 1 aliphatic rings. The summed E-state index contributed by atoms with van der Waals surface area (Å²) in [6, 6.07) is 77.6. The van der Waals surface area contributed by atoms with Crippen molar-refractivity contribution in [3.8, 4) is 89.8 Å². The molecule has 1 heterocycles. The number of fused-ring (bicyclic) bond motifs is 4. The summed E-state index contributed by atoms with van der Waals surface area (Å²) in [5, 5.41) is 73.0. The molecule has 10 heteroatoms. The zero-order chi connectivity index (χ0) is 56.0. The average Bonchev–Trinajstić information content (AvgIpc) is 2.17. The Bertz CT molecular complexity index is 3500. The minimum Gasteiger partial charge on any atom is -0.872 e. The fourth-order valence-electron chi connectivity index (χ4n) is 10.1. The maximum absolute atomic E-state index is 14.1. The summed E-state index contributed by atoms with van der Waals surface area (Å²) in [6.45, 7) is 5.22. The normalized spacial score (nSPS) is 11.4. The van der Waals surface area contributed by atoms with Crippen LogP contribution in [-0.2, 0) is 26.5 Å². The third kappa shape index (κ3) is 14.3. The van der Waals surface area contributed by atoms with E-state index in [2.05, 4.69) is 0 Å². The Morgan fingerprint density at radius 3 is 0.720 bits per heavy atom.